The Balaban J connectivity index is 2.26. The van der Waals surface area contributed by atoms with Crippen molar-refractivity contribution in [2.24, 2.45) is 0 Å². The molecule has 4 nitrogen and oxygen atoms in total. The molecule has 102 valence electrons. The van der Waals surface area contributed by atoms with Gasteiger partial charge in [0.15, 0.2) is 0 Å². The average molecular weight is 260 g/mol. The number of rotatable bonds is 5. The standard InChI is InChI=1S/C15H20N2O2/c1-4-17-14(8-9-16-17)15(18)12-6-5-7-13(10-12)19-11(2)3/h5-11,15,18H,4H2,1-3H3. The summed E-state index contributed by atoms with van der Waals surface area (Å²) in [5, 5.41) is 14.6. The van der Waals surface area contributed by atoms with Crippen molar-refractivity contribution in [2.45, 2.75) is 39.5 Å². The molecule has 0 spiro atoms. The van der Waals surface area contributed by atoms with Gasteiger partial charge in [0.25, 0.3) is 0 Å². The number of benzene rings is 1. The molecule has 0 fully saturated rings. The van der Waals surface area contributed by atoms with Crippen LogP contribution in [0.1, 0.15) is 38.1 Å². The topological polar surface area (TPSA) is 47.3 Å². The summed E-state index contributed by atoms with van der Waals surface area (Å²) >= 11 is 0. The molecule has 0 aliphatic heterocycles. The number of aryl methyl sites for hydroxylation is 1. The normalized spacial score (nSPS) is 12.7. The van der Waals surface area contributed by atoms with E-state index in [1.807, 2.05) is 51.1 Å². The minimum absolute atomic E-state index is 0.119. The van der Waals surface area contributed by atoms with Crippen LogP contribution in [0.5, 0.6) is 5.75 Å². The number of aromatic nitrogens is 2. The van der Waals surface area contributed by atoms with Crippen LogP contribution in [0, 0.1) is 0 Å². The van der Waals surface area contributed by atoms with Crippen molar-refractivity contribution in [2.75, 3.05) is 0 Å². The monoisotopic (exact) mass is 260 g/mol. The first-order valence-corrected chi connectivity index (χ1v) is 6.58. The summed E-state index contributed by atoms with van der Waals surface area (Å²) in [5.74, 6) is 0.772. The molecule has 0 amide bonds. The van der Waals surface area contributed by atoms with Gasteiger partial charge in [-0.05, 0) is 44.5 Å². The molecule has 1 N–H and O–H groups in total. The van der Waals surface area contributed by atoms with Gasteiger partial charge in [0.2, 0.25) is 0 Å². The van der Waals surface area contributed by atoms with E-state index < -0.39 is 6.10 Å². The Kier molecular flexibility index (Phi) is 4.22. The highest BCUT2D eigenvalue weighted by Gasteiger charge is 2.15. The lowest BCUT2D eigenvalue weighted by atomic mass is 10.1. The third kappa shape index (κ3) is 3.15. The zero-order valence-electron chi connectivity index (χ0n) is 11.6. The molecule has 0 radical (unpaired) electrons. The molecule has 0 aliphatic rings. The van der Waals surface area contributed by atoms with Crippen LogP contribution in [0.4, 0.5) is 0 Å². The molecule has 1 aromatic carbocycles. The summed E-state index contributed by atoms with van der Waals surface area (Å²) in [6.45, 7) is 6.70. The van der Waals surface area contributed by atoms with Gasteiger partial charge in [-0.1, -0.05) is 12.1 Å². The van der Waals surface area contributed by atoms with E-state index in [1.165, 1.54) is 0 Å². The van der Waals surface area contributed by atoms with E-state index in [0.717, 1.165) is 23.6 Å². The van der Waals surface area contributed by atoms with Crippen LogP contribution < -0.4 is 4.74 Å². The van der Waals surface area contributed by atoms with Crippen molar-refractivity contribution < 1.29 is 9.84 Å². The Morgan fingerprint density at radius 3 is 2.79 bits per heavy atom. The van der Waals surface area contributed by atoms with Crippen LogP contribution in [0.15, 0.2) is 36.5 Å². The van der Waals surface area contributed by atoms with E-state index in [1.54, 1.807) is 10.9 Å². The Morgan fingerprint density at radius 2 is 2.11 bits per heavy atom. The molecule has 0 aliphatic carbocycles. The fourth-order valence-corrected chi connectivity index (χ4v) is 2.04. The van der Waals surface area contributed by atoms with Crippen LogP contribution in [0.2, 0.25) is 0 Å². The van der Waals surface area contributed by atoms with Gasteiger partial charge in [0.1, 0.15) is 11.9 Å². The second-order valence-electron chi connectivity index (χ2n) is 4.71. The van der Waals surface area contributed by atoms with Gasteiger partial charge >= 0.3 is 0 Å². The van der Waals surface area contributed by atoms with Gasteiger partial charge in [0.05, 0.1) is 11.8 Å². The molecule has 1 aromatic heterocycles. The van der Waals surface area contributed by atoms with Crippen LogP contribution in [-0.4, -0.2) is 21.0 Å². The first-order valence-electron chi connectivity index (χ1n) is 6.58. The van der Waals surface area contributed by atoms with E-state index in [-0.39, 0.29) is 6.10 Å². The summed E-state index contributed by atoms with van der Waals surface area (Å²) in [4.78, 5) is 0. The molecule has 1 atom stereocenters. The molecule has 19 heavy (non-hydrogen) atoms. The summed E-state index contributed by atoms with van der Waals surface area (Å²) in [6.07, 6.45) is 1.14. The SMILES string of the molecule is CCn1nccc1C(O)c1cccc(OC(C)C)c1. The van der Waals surface area contributed by atoms with Crippen molar-refractivity contribution in [3.8, 4) is 5.75 Å². The highest BCUT2D eigenvalue weighted by molar-refractivity contribution is 5.33. The lowest BCUT2D eigenvalue weighted by Crippen LogP contribution is -2.10. The smallest absolute Gasteiger partial charge is 0.121 e. The Morgan fingerprint density at radius 1 is 1.32 bits per heavy atom. The van der Waals surface area contributed by atoms with Gasteiger partial charge < -0.3 is 9.84 Å². The molecule has 1 heterocycles. The van der Waals surface area contributed by atoms with E-state index >= 15 is 0 Å². The number of nitrogens with zero attached hydrogens (tertiary/aromatic N) is 2. The summed E-state index contributed by atoms with van der Waals surface area (Å²) < 4.78 is 7.44. The van der Waals surface area contributed by atoms with Crippen LogP contribution in [0.3, 0.4) is 0 Å². The molecule has 4 heteroatoms. The van der Waals surface area contributed by atoms with E-state index in [0.29, 0.717) is 0 Å². The number of hydrogen-bond acceptors (Lipinski definition) is 3. The van der Waals surface area contributed by atoms with Gasteiger partial charge in [-0.3, -0.25) is 4.68 Å². The lowest BCUT2D eigenvalue weighted by Gasteiger charge is -2.15. The maximum atomic E-state index is 10.4. The minimum atomic E-state index is -0.682. The zero-order chi connectivity index (χ0) is 13.8. The van der Waals surface area contributed by atoms with Crippen molar-refractivity contribution in [1.82, 2.24) is 9.78 Å². The van der Waals surface area contributed by atoms with E-state index in [2.05, 4.69) is 5.10 Å². The van der Waals surface area contributed by atoms with Gasteiger partial charge in [-0.15, -0.1) is 0 Å². The Bertz CT molecular complexity index is 534. The third-order valence-electron chi connectivity index (χ3n) is 2.87. The average Bonchev–Trinajstić information content (AvgIpc) is 2.85. The van der Waals surface area contributed by atoms with Gasteiger partial charge in [0, 0.05) is 12.7 Å². The maximum absolute atomic E-state index is 10.4. The van der Waals surface area contributed by atoms with E-state index in [9.17, 15) is 5.11 Å². The maximum Gasteiger partial charge on any atom is 0.121 e. The summed E-state index contributed by atoms with van der Waals surface area (Å²) in [6, 6.07) is 9.39. The Labute approximate surface area is 113 Å². The van der Waals surface area contributed by atoms with Crippen LogP contribution in [-0.2, 0) is 6.54 Å². The quantitative estimate of drug-likeness (QED) is 0.899. The molecule has 0 bridgehead atoms. The molecular weight excluding hydrogens is 240 g/mol. The highest BCUT2D eigenvalue weighted by Crippen LogP contribution is 2.25. The first kappa shape index (κ1) is 13.6. The number of ether oxygens (including phenoxy) is 1. The molecule has 0 saturated heterocycles. The predicted octanol–water partition coefficient (Wildman–Crippen LogP) is 2.77. The summed E-state index contributed by atoms with van der Waals surface area (Å²) in [5.41, 5.74) is 1.61. The first-order chi connectivity index (χ1) is 9.11. The number of hydrogen-bond donors (Lipinski definition) is 1. The Hall–Kier alpha value is -1.81. The molecule has 2 aromatic rings. The van der Waals surface area contributed by atoms with Crippen molar-refractivity contribution in [3.63, 3.8) is 0 Å². The number of aliphatic hydroxyl groups is 1. The second kappa shape index (κ2) is 5.89. The second-order valence-corrected chi connectivity index (χ2v) is 4.71. The molecule has 0 saturated carbocycles. The molecule has 1 unspecified atom stereocenters. The lowest BCUT2D eigenvalue weighted by molar-refractivity contribution is 0.205. The van der Waals surface area contributed by atoms with Crippen LogP contribution in [0.25, 0.3) is 0 Å². The largest absolute Gasteiger partial charge is 0.491 e. The van der Waals surface area contributed by atoms with Crippen LogP contribution >= 0.6 is 0 Å². The fraction of sp³-hybridized carbons (Fsp3) is 0.400. The van der Waals surface area contributed by atoms with Crippen molar-refractivity contribution >= 4 is 0 Å². The zero-order valence-corrected chi connectivity index (χ0v) is 11.6. The summed E-state index contributed by atoms with van der Waals surface area (Å²) in [7, 11) is 0. The fourth-order valence-electron chi connectivity index (χ4n) is 2.04. The molecule has 2 rings (SSSR count). The van der Waals surface area contributed by atoms with Crippen molar-refractivity contribution in [1.29, 1.82) is 0 Å². The highest BCUT2D eigenvalue weighted by atomic mass is 16.5. The van der Waals surface area contributed by atoms with Gasteiger partial charge in [-0.25, -0.2) is 0 Å². The third-order valence-corrected chi connectivity index (χ3v) is 2.87. The molecular formula is C15H20N2O2. The van der Waals surface area contributed by atoms with Crippen molar-refractivity contribution in [3.05, 3.63) is 47.8 Å². The number of aliphatic hydroxyl groups excluding tert-OH is 1. The van der Waals surface area contributed by atoms with Gasteiger partial charge in [-0.2, -0.15) is 5.10 Å². The van der Waals surface area contributed by atoms with E-state index in [4.69, 9.17) is 4.74 Å². The predicted molar refractivity (Wildman–Crippen MR) is 74.2 cm³/mol. The minimum Gasteiger partial charge on any atom is -0.491 e.